The van der Waals surface area contributed by atoms with E-state index in [9.17, 15) is 17.6 Å². The molecule has 0 bridgehead atoms. The summed E-state index contributed by atoms with van der Waals surface area (Å²) < 4.78 is 39.9. The van der Waals surface area contributed by atoms with Gasteiger partial charge in [-0.3, -0.25) is 9.78 Å². The molecule has 0 aliphatic rings. The molecule has 1 atom stereocenters. The molecule has 1 amide bonds. The summed E-state index contributed by atoms with van der Waals surface area (Å²) in [5, 5.41) is 2.37. The average molecular weight is 379 g/mol. The van der Waals surface area contributed by atoms with Crippen molar-refractivity contribution in [3.05, 3.63) is 59.4 Å². The van der Waals surface area contributed by atoms with Gasteiger partial charge in [0, 0.05) is 36.0 Å². The third-order valence-electron chi connectivity index (χ3n) is 3.60. The molecular weight excluding hydrogens is 357 g/mol. The lowest BCUT2D eigenvalue weighted by Crippen LogP contribution is -2.34. The van der Waals surface area contributed by atoms with E-state index in [4.69, 9.17) is 0 Å². The monoisotopic (exact) mass is 379 g/mol. The topological polar surface area (TPSA) is 88.2 Å². The van der Waals surface area contributed by atoms with Gasteiger partial charge in [0.25, 0.3) is 5.91 Å². The van der Waals surface area contributed by atoms with E-state index >= 15 is 0 Å². The van der Waals surface area contributed by atoms with E-state index in [1.165, 1.54) is 24.3 Å². The first kappa shape index (κ1) is 20.0. The van der Waals surface area contributed by atoms with Crippen LogP contribution in [0, 0.1) is 6.92 Å². The van der Waals surface area contributed by atoms with Gasteiger partial charge >= 0.3 is 0 Å². The van der Waals surface area contributed by atoms with Crippen LogP contribution >= 0.6 is 0 Å². The molecule has 0 unspecified atom stereocenters. The van der Waals surface area contributed by atoms with Gasteiger partial charge in [-0.15, -0.1) is 0 Å². The highest BCUT2D eigenvalue weighted by molar-refractivity contribution is 7.89. The summed E-state index contributed by atoms with van der Waals surface area (Å²) >= 11 is 0. The van der Waals surface area contributed by atoms with Crippen molar-refractivity contribution in [1.29, 1.82) is 0 Å². The first-order valence-electron chi connectivity index (χ1n) is 8.21. The molecule has 1 aromatic carbocycles. The number of rotatable bonds is 8. The van der Waals surface area contributed by atoms with Crippen LogP contribution in [0.5, 0.6) is 0 Å². The van der Waals surface area contributed by atoms with Crippen LogP contribution in [-0.4, -0.2) is 38.6 Å². The predicted octanol–water partition coefficient (Wildman–Crippen LogP) is 2.00. The maximum absolute atomic E-state index is 12.6. The molecule has 0 radical (unpaired) electrons. The minimum atomic E-state index is -3.80. The zero-order valence-corrected chi connectivity index (χ0v) is 15.5. The van der Waals surface area contributed by atoms with E-state index in [1.807, 2.05) is 25.1 Å². The molecule has 2 rings (SSSR count). The van der Waals surface area contributed by atoms with Gasteiger partial charge in [-0.1, -0.05) is 12.1 Å². The standard InChI is InChI=1S/C18H22FN3O3S/c1-13-5-3-7-16(21-13)11-14(2)22-26(24,25)17-8-4-6-15(12-17)18(23)20-10-9-19/h3-8,12,14,22H,9-11H2,1-2H3,(H,20,23)/t14-/m1/s1. The van der Waals surface area contributed by atoms with Crippen LogP contribution in [0.25, 0.3) is 0 Å². The second-order valence-electron chi connectivity index (χ2n) is 5.97. The summed E-state index contributed by atoms with van der Waals surface area (Å²) in [7, 11) is -3.80. The van der Waals surface area contributed by atoms with Gasteiger partial charge in [0.15, 0.2) is 0 Å². The summed E-state index contributed by atoms with van der Waals surface area (Å²) in [6, 6.07) is 10.8. The van der Waals surface area contributed by atoms with Crippen LogP contribution < -0.4 is 10.0 Å². The number of halogens is 1. The summed E-state index contributed by atoms with van der Waals surface area (Å²) in [6.45, 7) is 2.82. The van der Waals surface area contributed by atoms with Gasteiger partial charge < -0.3 is 5.32 Å². The van der Waals surface area contributed by atoms with Crippen LogP contribution in [0.1, 0.15) is 28.7 Å². The summed E-state index contributed by atoms with van der Waals surface area (Å²) in [5.74, 6) is -0.517. The highest BCUT2D eigenvalue weighted by atomic mass is 32.2. The number of sulfonamides is 1. The van der Waals surface area contributed by atoms with Crippen LogP contribution in [0.15, 0.2) is 47.4 Å². The van der Waals surface area contributed by atoms with Gasteiger partial charge in [0.2, 0.25) is 10.0 Å². The number of hydrogen-bond donors (Lipinski definition) is 2. The molecule has 8 heteroatoms. The number of aryl methyl sites for hydroxylation is 1. The number of carbonyl (C=O) groups excluding carboxylic acids is 1. The lowest BCUT2D eigenvalue weighted by atomic mass is 10.2. The normalized spacial score (nSPS) is 12.6. The second-order valence-corrected chi connectivity index (χ2v) is 7.68. The van der Waals surface area contributed by atoms with Crippen molar-refractivity contribution in [2.45, 2.75) is 31.2 Å². The van der Waals surface area contributed by atoms with Crippen LogP contribution in [0.2, 0.25) is 0 Å². The number of carbonyl (C=O) groups is 1. The molecule has 0 aliphatic heterocycles. The first-order valence-corrected chi connectivity index (χ1v) is 9.69. The molecular formula is C18H22FN3O3S. The van der Waals surface area contributed by atoms with Crippen molar-refractivity contribution in [2.75, 3.05) is 13.2 Å². The fourth-order valence-corrected chi connectivity index (χ4v) is 3.76. The Morgan fingerprint density at radius 1 is 1.23 bits per heavy atom. The first-order chi connectivity index (χ1) is 12.3. The number of hydrogen-bond acceptors (Lipinski definition) is 4. The Labute approximate surface area is 152 Å². The number of benzene rings is 1. The third kappa shape index (κ3) is 5.60. The molecule has 0 saturated heterocycles. The van der Waals surface area contributed by atoms with Crippen molar-refractivity contribution >= 4 is 15.9 Å². The van der Waals surface area contributed by atoms with E-state index in [1.54, 1.807) is 6.92 Å². The van der Waals surface area contributed by atoms with E-state index in [-0.39, 0.29) is 23.0 Å². The van der Waals surface area contributed by atoms with Crippen molar-refractivity contribution in [1.82, 2.24) is 15.0 Å². The summed E-state index contributed by atoms with van der Waals surface area (Å²) in [6.07, 6.45) is 0.442. The SMILES string of the molecule is Cc1cccc(C[C@@H](C)NS(=O)(=O)c2cccc(C(=O)NCCF)c2)n1. The third-order valence-corrected chi connectivity index (χ3v) is 5.19. The summed E-state index contributed by atoms with van der Waals surface area (Å²) in [4.78, 5) is 16.2. The molecule has 0 saturated carbocycles. The Hall–Kier alpha value is -2.32. The molecule has 2 N–H and O–H groups in total. The molecule has 26 heavy (non-hydrogen) atoms. The molecule has 1 aromatic heterocycles. The number of nitrogens with one attached hydrogen (secondary N) is 2. The number of alkyl halides is 1. The average Bonchev–Trinajstić information content (AvgIpc) is 2.59. The number of aromatic nitrogens is 1. The van der Waals surface area contributed by atoms with Crippen LogP contribution in [-0.2, 0) is 16.4 Å². The van der Waals surface area contributed by atoms with Gasteiger partial charge in [-0.25, -0.2) is 17.5 Å². The fraction of sp³-hybridized carbons (Fsp3) is 0.333. The van der Waals surface area contributed by atoms with E-state index in [0.717, 1.165) is 11.4 Å². The molecule has 0 spiro atoms. The lowest BCUT2D eigenvalue weighted by molar-refractivity contribution is 0.0950. The second kappa shape index (κ2) is 8.86. The Bertz CT molecular complexity index is 871. The molecule has 0 aliphatic carbocycles. The van der Waals surface area contributed by atoms with Gasteiger partial charge in [-0.2, -0.15) is 0 Å². The van der Waals surface area contributed by atoms with E-state index < -0.39 is 22.6 Å². The van der Waals surface area contributed by atoms with Gasteiger partial charge in [0.1, 0.15) is 6.67 Å². The van der Waals surface area contributed by atoms with E-state index in [2.05, 4.69) is 15.0 Å². The number of nitrogens with zero attached hydrogens (tertiary/aromatic N) is 1. The Morgan fingerprint density at radius 3 is 2.65 bits per heavy atom. The van der Waals surface area contributed by atoms with Crippen LogP contribution in [0.3, 0.4) is 0 Å². The van der Waals surface area contributed by atoms with Crippen molar-refractivity contribution < 1.29 is 17.6 Å². The zero-order chi connectivity index (χ0) is 19.2. The Kier molecular flexibility index (Phi) is 6.82. The van der Waals surface area contributed by atoms with E-state index in [0.29, 0.717) is 6.42 Å². The zero-order valence-electron chi connectivity index (χ0n) is 14.7. The maximum atomic E-state index is 12.6. The summed E-state index contributed by atoms with van der Waals surface area (Å²) in [5.41, 5.74) is 1.82. The minimum absolute atomic E-state index is 0.0190. The highest BCUT2D eigenvalue weighted by Gasteiger charge is 2.19. The smallest absolute Gasteiger partial charge is 0.251 e. The lowest BCUT2D eigenvalue weighted by Gasteiger charge is -2.15. The Morgan fingerprint density at radius 2 is 1.96 bits per heavy atom. The molecule has 6 nitrogen and oxygen atoms in total. The van der Waals surface area contributed by atoms with Crippen molar-refractivity contribution in [3.8, 4) is 0 Å². The maximum Gasteiger partial charge on any atom is 0.251 e. The molecule has 2 aromatic rings. The Balaban J connectivity index is 2.10. The minimum Gasteiger partial charge on any atom is -0.349 e. The number of pyridine rings is 1. The molecule has 0 fully saturated rings. The van der Waals surface area contributed by atoms with Gasteiger partial charge in [-0.05, 0) is 44.2 Å². The predicted molar refractivity (Wildman–Crippen MR) is 97.2 cm³/mol. The fourth-order valence-electron chi connectivity index (χ4n) is 2.47. The largest absolute Gasteiger partial charge is 0.349 e. The number of amides is 1. The van der Waals surface area contributed by atoms with Gasteiger partial charge in [0.05, 0.1) is 4.90 Å². The highest BCUT2D eigenvalue weighted by Crippen LogP contribution is 2.13. The van der Waals surface area contributed by atoms with Crippen molar-refractivity contribution in [3.63, 3.8) is 0 Å². The quantitative estimate of drug-likeness (QED) is 0.734. The molecule has 140 valence electrons. The van der Waals surface area contributed by atoms with Crippen molar-refractivity contribution in [2.24, 2.45) is 0 Å². The van der Waals surface area contributed by atoms with Crippen LogP contribution in [0.4, 0.5) is 4.39 Å². The molecule has 1 heterocycles.